The lowest BCUT2D eigenvalue weighted by Gasteiger charge is -2.42. The van der Waals surface area contributed by atoms with Gasteiger partial charge in [-0.05, 0) is 60.7 Å². The number of fused-ring (bicyclic) bond motifs is 1. The highest BCUT2D eigenvalue weighted by Gasteiger charge is 2.44. The van der Waals surface area contributed by atoms with Gasteiger partial charge < -0.3 is 14.2 Å². The highest BCUT2D eigenvalue weighted by Crippen LogP contribution is 2.48. The number of amides is 1. The summed E-state index contributed by atoms with van der Waals surface area (Å²) >= 11 is 0. The van der Waals surface area contributed by atoms with Gasteiger partial charge in [-0.3, -0.25) is 14.6 Å². The molecule has 0 unspecified atom stereocenters. The van der Waals surface area contributed by atoms with Crippen LogP contribution in [-0.4, -0.2) is 75.3 Å². The zero-order valence-electron chi connectivity index (χ0n) is 26.0. The number of carbonyl (C=O) groups is 1. The molecule has 0 bridgehead atoms. The van der Waals surface area contributed by atoms with Crippen molar-refractivity contribution in [3.05, 3.63) is 64.2 Å². The molecule has 1 saturated carbocycles. The van der Waals surface area contributed by atoms with Gasteiger partial charge in [0.25, 0.3) is 5.91 Å². The SMILES string of the molecule is COc1cc(C2(Cc3nncn3C)CCC2)cc(N2Cc3c(cc(CN4CCN(C)C[C@@H]4C(C)C)cc3C(F)(F)F)C2=O)n1. The first-order valence-corrected chi connectivity index (χ1v) is 15.3. The predicted octanol–water partition coefficient (Wildman–Crippen LogP) is 4.83. The molecule has 12 heteroatoms. The van der Waals surface area contributed by atoms with Crippen LogP contribution in [-0.2, 0) is 38.1 Å². The van der Waals surface area contributed by atoms with Gasteiger partial charge >= 0.3 is 6.18 Å². The fourth-order valence-corrected chi connectivity index (χ4v) is 7.03. The minimum Gasteiger partial charge on any atom is -0.481 e. The molecular formula is C32H40F3N7O2. The van der Waals surface area contributed by atoms with Gasteiger partial charge in [0.2, 0.25) is 5.88 Å². The summed E-state index contributed by atoms with van der Waals surface area (Å²) in [5, 5.41) is 8.30. The van der Waals surface area contributed by atoms with Gasteiger partial charge in [-0.15, -0.1) is 10.2 Å². The molecule has 2 fully saturated rings. The smallest absolute Gasteiger partial charge is 0.416 e. The second kappa shape index (κ2) is 11.4. The molecule has 3 aromatic rings. The van der Waals surface area contributed by atoms with Gasteiger partial charge in [-0.1, -0.05) is 20.3 Å². The van der Waals surface area contributed by atoms with Crippen molar-refractivity contribution in [2.75, 3.05) is 38.7 Å². The lowest BCUT2D eigenvalue weighted by molar-refractivity contribution is -0.138. The highest BCUT2D eigenvalue weighted by atomic mass is 19.4. The second-order valence-corrected chi connectivity index (χ2v) is 13.0. The molecule has 236 valence electrons. The maximum atomic E-state index is 14.5. The molecule has 1 aromatic carbocycles. The Labute approximate surface area is 256 Å². The number of pyridine rings is 1. The molecule has 6 rings (SSSR count). The number of hydrogen-bond acceptors (Lipinski definition) is 7. The average molecular weight is 612 g/mol. The lowest BCUT2D eigenvalue weighted by atomic mass is 9.62. The normalized spacial score (nSPS) is 20.7. The number of halogens is 3. The average Bonchev–Trinajstić information content (AvgIpc) is 3.52. The van der Waals surface area contributed by atoms with Crippen molar-refractivity contribution in [2.45, 2.75) is 70.3 Å². The third-order valence-electron chi connectivity index (χ3n) is 9.80. The number of ether oxygens (including phenoxy) is 1. The minimum atomic E-state index is -4.60. The van der Waals surface area contributed by atoms with Gasteiger partial charge in [0.15, 0.2) is 0 Å². The molecule has 44 heavy (non-hydrogen) atoms. The second-order valence-electron chi connectivity index (χ2n) is 13.0. The number of piperazine rings is 1. The van der Waals surface area contributed by atoms with Crippen LogP contribution < -0.4 is 9.64 Å². The Hall–Kier alpha value is -3.51. The van der Waals surface area contributed by atoms with Crippen molar-refractivity contribution in [2.24, 2.45) is 13.0 Å². The maximum Gasteiger partial charge on any atom is 0.416 e. The van der Waals surface area contributed by atoms with E-state index in [0.29, 0.717) is 36.1 Å². The van der Waals surface area contributed by atoms with Crippen molar-refractivity contribution in [3.63, 3.8) is 0 Å². The molecule has 2 aliphatic heterocycles. The number of nitrogens with zero attached hydrogens (tertiary/aromatic N) is 7. The Bertz CT molecular complexity index is 1550. The van der Waals surface area contributed by atoms with Gasteiger partial charge in [-0.25, -0.2) is 0 Å². The molecule has 1 atom stereocenters. The summed E-state index contributed by atoms with van der Waals surface area (Å²) in [7, 11) is 5.47. The highest BCUT2D eigenvalue weighted by molar-refractivity contribution is 6.10. The van der Waals surface area contributed by atoms with Gasteiger partial charge in [-0.2, -0.15) is 18.2 Å². The number of benzene rings is 1. The van der Waals surface area contributed by atoms with Gasteiger partial charge in [0, 0.05) is 62.7 Å². The van der Waals surface area contributed by atoms with E-state index < -0.39 is 17.6 Å². The molecule has 4 heterocycles. The summed E-state index contributed by atoms with van der Waals surface area (Å²) in [6.45, 7) is 6.87. The quantitative estimate of drug-likeness (QED) is 0.361. The van der Waals surface area contributed by atoms with E-state index in [-0.39, 0.29) is 29.1 Å². The van der Waals surface area contributed by atoms with Gasteiger partial charge in [0.05, 0.1) is 19.2 Å². The van der Waals surface area contributed by atoms with Crippen LogP contribution in [0.2, 0.25) is 0 Å². The number of likely N-dealkylation sites (N-methyl/N-ethyl adjacent to an activating group) is 1. The number of carbonyl (C=O) groups excluding carboxylic acids is 1. The van der Waals surface area contributed by atoms with Crippen LogP contribution in [0.4, 0.5) is 19.0 Å². The van der Waals surface area contributed by atoms with Crippen LogP contribution in [0, 0.1) is 5.92 Å². The number of aromatic nitrogens is 4. The monoisotopic (exact) mass is 611 g/mol. The van der Waals surface area contributed by atoms with Crippen LogP contribution in [0.5, 0.6) is 5.88 Å². The number of rotatable bonds is 8. The maximum absolute atomic E-state index is 14.5. The van der Waals surface area contributed by atoms with Crippen molar-refractivity contribution in [3.8, 4) is 5.88 Å². The first kappa shape index (κ1) is 30.5. The molecular weight excluding hydrogens is 571 g/mol. The van der Waals surface area contributed by atoms with E-state index in [9.17, 15) is 18.0 Å². The van der Waals surface area contributed by atoms with E-state index in [1.54, 1.807) is 12.4 Å². The summed E-state index contributed by atoms with van der Waals surface area (Å²) in [5.74, 6) is 1.31. The molecule has 0 N–H and O–H groups in total. The fraction of sp³-hybridized carbons (Fsp3) is 0.562. The summed E-state index contributed by atoms with van der Waals surface area (Å²) in [6.07, 6.45) is 0.566. The van der Waals surface area contributed by atoms with E-state index in [1.165, 1.54) is 18.1 Å². The zero-order valence-corrected chi connectivity index (χ0v) is 26.0. The molecule has 2 aromatic heterocycles. The van der Waals surface area contributed by atoms with Crippen molar-refractivity contribution in [1.29, 1.82) is 0 Å². The molecule has 1 amide bonds. The van der Waals surface area contributed by atoms with E-state index in [0.717, 1.165) is 50.3 Å². The number of alkyl halides is 3. The first-order chi connectivity index (χ1) is 20.9. The lowest BCUT2D eigenvalue weighted by Crippen LogP contribution is -2.53. The third kappa shape index (κ3) is 5.58. The fourth-order valence-electron chi connectivity index (χ4n) is 7.03. The summed E-state index contributed by atoms with van der Waals surface area (Å²) < 4.78 is 51.0. The Balaban J connectivity index is 1.35. The number of anilines is 1. The summed E-state index contributed by atoms with van der Waals surface area (Å²) in [5.41, 5.74) is 0.516. The first-order valence-electron chi connectivity index (χ1n) is 15.3. The van der Waals surface area contributed by atoms with Crippen molar-refractivity contribution >= 4 is 11.7 Å². The van der Waals surface area contributed by atoms with Crippen LogP contribution >= 0.6 is 0 Å². The zero-order chi connectivity index (χ0) is 31.4. The van der Waals surface area contributed by atoms with Crippen LogP contribution in [0.1, 0.15) is 71.5 Å². The summed E-state index contributed by atoms with van der Waals surface area (Å²) in [4.78, 5) is 24.3. The van der Waals surface area contributed by atoms with Crippen molar-refractivity contribution < 1.29 is 22.7 Å². The van der Waals surface area contributed by atoms with E-state index in [1.807, 2.05) is 23.7 Å². The number of hydrogen-bond donors (Lipinski definition) is 0. The Morgan fingerprint density at radius 2 is 1.89 bits per heavy atom. The minimum absolute atomic E-state index is 0.00588. The topological polar surface area (TPSA) is 79.6 Å². The standard InChI is InChI=1S/C32H40F3N7O2/c1-20(2)26-18-39(3)9-10-41(26)16-21-11-23-24(25(12-21)32(33,34)35)17-42(30(23)43)27-13-22(14-29(37-27)44-5)31(7-6-8-31)15-28-38-36-19-40(28)4/h11-14,19-20,26H,6-10,15-18H2,1-5H3/t26-/m1/s1. The van der Waals surface area contributed by atoms with Crippen LogP contribution in [0.3, 0.4) is 0 Å². The Kier molecular flexibility index (Phi) is 7.94. The number of aryl methyl sites for hydroxylation is 1. The molecule has 1 saturated heterocycles. The third-order valence-corrected chi connectivity index (χ3v) is 9.80. The Morgan fingerprint density at radius 1 is 1.11 bits per heavy atom. The Morgan fingerprint density at radius 3 is 2.50 bits per heavy atom. The largest absolute Gasteiger partial charge is 0.481 e. The van der Waals surface area contributed by atoms with Gasteiger partial charge in [0.1, 0.15) is 18.0 Å². The van der Waals surface area contributed by atoms with E-state index in [2.05, 4.69) is 45.9 Å². The number of methoxy groups -OCH3 is 1. The van der Waals surface area contributed by atoms with Crippen LogP contribution in [0.25, 0.3) is 0 Å². The summed E-state index contributed by atoms with van der Waals surface area (Å²) in [6, 6.07) is 6.81. The predicted molar refractivity (Wildman–Crippen MR) is 160 cm³/mol. The molecule has 9 nitrogen and oxygen atoms in total. The van der Waals surface area contributed by atoms with E-state index >= 15 is 0 Å². The molecule has 3 aliphatic rings. The van der Waals surface area contributed by atoms with E-state index in [4.69, 9.17) is 4.74 Å². The molecule has 0 radical (unpaired) electrons. The van der Waals surface area contributed by atoms with Crippen LogP contribution in [0.15, 0.2) is 30.6 Å². The molecule has 1 aliphatic carbocycles. The van der Waals surface area contributed by atoms with Crippen molar-refractivity contribution in [1.82, 2.24) is 29.5 Å². The molecule has 0 spiro atoms.